The highest BCUT2D eigenvalue weighted by Gasteiger charge is 2.12. The number of aryl methyl sites for hydroxylation is 2. The Morgan fingerprint density at radius 2 is 1.97 bits per heavy atom. The van der Waals surface area contributed by atoms with Gasteiger partial charge in [-0.25, -0.2) is 4.68 Å². The van der Waals surface area contributed by atoms with Crippen molar-refractivity contribution in [3.8, 4) is 5.75 Å². The summed E-state index contributed by atoms with van der Waals surface area (Å²) in [5, 5.41) is 12.1. The Kier molecular flexibility index (Phi) is 6.04. The third-order valence-electron chi connectivity index (χ3n) is 4.74. The molecule has 31 heavy (non-hydrogen) atoms. The SMILES string of the molecule is Cc1ccc(OCn2ccc(C(=O)Nc3cnn(Cc4ccccc4Cl)c3)n2)c(C)c1. The smallest absolute Gasteiger partial charge is 0.276 e. The summed E-state index contributed by atoms with van der Waals surface area (Å²) in [6, 6.07) is 15.2. The van der Waals surface area contributed by atoms with Gasteiger partial charge in [0.25, 0.3) is 5.91 Å². The first kappa shape index (κ1) is 20.7. The average molecular weight is 436 g/mol. The number of benzene rings is 2. The molecule has 0 fully saturated rings. The van der Waals surface area contributed by atoms with Crippen molar-refractivity contribution < 1.29 is 9.53 Å². The van der Waals surface area contributed by atoms with E-state index >= 15 is 0 Å². The Morgan fingerprint density at radius 1 is 1.13 bits per heavy atom. The molecule has 0 saturated heterocycles. The lowest BCUT2D eigenvalue weighted by atomic mass is 10.1. The van der Waals surface area contributed by atoms with Crippen LogP contribution in [0.15, 0.2) is 67.1 Å². The molecular weight excluding hydrogens is 414 g/mol. The minimum Gasteiger partial charge on any atom is -0.471 e. The van der Waals surface area contributed by atoms with Crippen molar-refractivity contribution in [1.29, 1.82) is 0 Å². The van der Waals surface area contributed by atoms with Gasteiger partial charge in [-0.15, -0.1) is 0 Å². The normalized spacial score (nSPS) is 10.8. The minimum atomic E-state index is -0.317. The molecular formula is C23H22ClN5O2. The van der Waals surface area contributed by atoms with Crippen LogP contribution in [0.2, 0.25) is 5.02 Å². The fourth-order valence-electron chi connectivity index (χ4n) is 3.16. The third-order valence-corrected chi connectivity index (χ3v) is 5.11. The number of nitrogens with zero attached hydrogens (tertiary/aromatic N) is 4. The molecule has 0 aliphatic heterocycles. The predicted molar refractivity (Wildman–Crippen MR) is 120 cm³/mol. The summed E-state index contributed by atoms with van der Waals surface area (Å²) < 4.78 is 9.10. The monoisotopic (exact) mass is 435 g/mol. The molecule has 2 aromatic carbocycles. The van der Waals surface area contributed by atoms with Crippen LogP contribution in [-0.4, -0.2) is 25.5 Å². The Balaban J connectivity index is 1.35. The van der Waals surface area contributed by atoms with Gasteiger partial charge >= 0.3 is 0 Å². The summed E-state index contributed by atoms with van der Waals surface area (Å²) in [6.45, 7) is 4.76. The standard InChI is InChI=1S/C23H22ClN5O2/c1-16-7-8-22(17(2)11-16)31-15-28-10-9-21(27-28)23(30)26-19-12-25-29(14-19)13-18-5-3-4-6-20(18)24/h3-12,14H,13,15H2,1-2H3,(H,26,30). The summed E-state index contributed by atoms with van der Waals surface area (Å²) in [5.74, 6) is 0.473. The van der Waals surface area contributed by atoms with E-state index in [2.05, 4.69) is 21.6 Å². The van der Waals surface area contributed by atoms with Crippen molar-refractivity contribution in [3.63, 3.8) is 0 Å². The highest BCUT2D eigenvalue weighted by molar-refractivity contribution is 6.31. The number of anilines is 1. The zero-order chi connectivity index (χ0) is 21.8. The Labute approximate surface area is 185 Å². The van der Waals surface area contributed by atoms with Gasteiger partial charge in [-0.2, -0.15) is 10.2 Å². The summed E-state index contributed by atoms with van der Waals surface area (Å²) in [5.41, 5.74) is 4.06. The second-order valence-electron chi connectivity index (χ2n) is 7.25. The maximum atomic E-state index is 12.5. The summed E-state index contributed by atoms with van der Waals surface area (Å²) in [6.07, 6.45) is 5.05. The van der Waals surface area contributed by atoms with Gasteiger partial charge in [0.1, 0.15) is 5.75 Å². The second-order valence-corrected chi connectivity index (χ2v) is 7.66. The Bertz CT molecular complexity index is 1210. The van der Waals surface area contributed by atoms with Gasteiger partial charge in [-0.1, -0.05) is 47.5 Å². The van der Waals surface area contributed by atoms with Crippen molar-refractivity contribution in [1.82, 2.24) is 19.6 Å². The van der Waals surface area contributed by atoms with Gasteiger partial charge in [0.05, 0.1) is 18.4 Å². The number of nitrogens with one attached hydrogen (secondary N) is 1. The molecule has 158 valence electrons. The number of hydrogen-bond acceptors (Lipinski definition) is 4. The number of aromatic nitrogens is 4. The first-order valence-electron chi connectivity index (χ1n) is 9.78. The van der Waals surface area contributed by atoms with Gasteiger partial charge < -0.3 is 10.1 Å². The fourth-order valence-corrected chi connectivity index (χ4v) is 3.36. The maximum Gasteiger partial charge on any atom is 0.276 e. The zero-order valence-electron chi connectivity index (χ0n) is 17.2. The molecule has 1 N–H and O–H groups in total. The van der Waals surface area contributed by atoms with Gasteiger partial charge in [0.2, 0.25) is 0 Å². The van der Waals surface area contributed by atoms with Crippen molar-refractivity contribution >= 4 is 23.2 Å². The molecule has 4 aromatic rings. The fraction of sp³-hybridized carbons (Fsp3) is 0.174. The van der Waals surface area contributed by atoms with E-state index in [1.54, 1.807) is 34.0 Å². The quantitative estimate of drug-likeness (QED) is 0.457. The molecule has 7 nitrogen and oxygen atoms in total. The first-order valence-corrected chi connectivity index (χ1v) is 10.2. The number of hydrogen-bond donors (Lipinski definition) is 1. The van der Waals surface area contributed by atoms with Crippen LogP contribution in [0, 0.1) is 13.8 Å². The Morgan fingerprint density at radius 3 is 2.77 bits per heavy atom. The van der Waals surface area contributed by atoms with Crippen LogP contribution in [0.1, 0.15) is 27.2 Å². The molecule has 0 aliphatic rings. The van der Waals surface area contributed by atoms with Crippen molar-refractivity contribution in [2.24, 2.45) is 0 Å². The second kappa shape index (κ2) is 9.06. The highest BCUT2D eigenvalue weighted by atomic mass is 35.5. The van der Waals surface area contributed by atoms with Crippen LogP contribution in [0.4, 0.5) is 5.69 Å². The van der Waals surface area contributed by atoms with E-state index in [1.807, 2.05) is 50.2 Å². The van der Waals surface area contributed by atoms with E-state index in [-0.39, 0.29) is 12.6 Å². The minimum absolute atomic E-state index is 0.215. The van der Waals surface area contributed by atoms with Crippen molar-refractivity contribution in [2.75, 3.05) is 5.32 Å². The van der Waals surface area contributed by atoms with Crippen LogP contribution >= 0.6 is 11.6 Å². The zero-order valence-corrected chi connectivity index (χ0v) is 18.0. The Hall–Kier alpha value is -3.58. The van der Waals surface area contributed by atoms with Gasteiger partial charge in [0, 0.05) is 17.4 Å². The highest BCUT2D eigenvalue weighted by Crippen LogP contribution is 2.19. The number of ether oxygens (including phenoxy) is 1. The molecule has 0 radical (unpaired) electrons. The van der Waals surface area contributed by atoms with Crippen LogP contribution in [0.5, 0.6) is 5.75 Å². The molecule has 4 rings (SSSR count). The molecule has 2 aromatic heterocycles. The number of halogens is 1. The molecule has 0 spiro atoms. The number of amides is 1. The van der Waals surface area contributed by atoms with E-state index < -0.39 is 0 Å². The van der Waals surface area contributed by atoms with E-state index in [4.69, 9.17) is 16.3 Å². The van der Waals surface area contributed by atoms with Crippen LogP contribution in [-0.2, 0) is 13.3 Å². The van der Waals surface area contributed by atoms with E-state index in [9.17, 15) is 4.79 Å². The number of carbonyl (C=O) groups excluding carboxylic acids is 1. The van der Waals surface area contributed by atoms with E-state index in [0.29, 0.717) is 22.9 Å². The van der Waals surface area contributed by atoms with E-state index in [0.717, 1.165) is 16.9 Å². The van der Waals surface area contributed by atoms with Crippen molar-refractivity contribution in [3.05, 3.63) is 94.5 Å². The first-order chi connectivity index (χ1) is 15.0. The molecule has 0 aliphatic carbocycles. The lowest BCUT2D eigenvalue weighted by Gasteiger charge is -2.09. The largest absolute Gasteiger partial charge is 0.471 e. The number of carbonyl (C=O) groups is 1. The molecule has 0 atom stereocenters. The third kappa shape index (κ3) is 5.13. The summed E-state index contributed by atoms with van der Waals surface area (Å²) in [4.78, 5) is 12.5. The number of rotatable bonds is 7. The molecule has 8 heteroatoms. The van der Waals surface area contributed by atoms with Gasteiger partial charge in [0.15, 0.2) is 12.4 Å². The van der Waals surface area contributed by atoms with Crippen LogP contribution in [0.3, 0.4) is 0 Å². The van der Waals surface area contributed by atoms with Crippen molar-refractivity contribution in [2.45, 2.75) is 27.1 Å². The van der Waals surface area contributed by atoms with Gasteiger partial charge in [-0.05, 0) is 43.2 Å². The topological polar surface area (TPSA) is 74.0 Å². The lowest BCUT2D eigenvalue weighted by Crippen LogP contribution is -2.14. The predicted octanol–water partition coefficient (Wildman–Crippen LogP) is 4.69. The molecule has 0 saturated carbocycles. The van der Waals surface area contributed by atoms with Crippen LogP contribution in [0.25, 0.3) is 0 Å². The summed E-state index contributed by atoms with van der Waals surface area (Å²) >= 11 is 6.20. The molecule has 0 unspecified atom stereocenters. The molecule has 2 heterocycles. The van der Waals surface area contributed by atoms with Crippen LogP contribution < -0.4 is 10.1 Å². The average Bonchev–Trinajstić information content (AvgIpc) is 3.39. The summed E-state index contributed by atoms with van der Waals surface area (Å²) in [7, 11) is 0. The maximum absolute atomic E-state index is 12.5. The lowest BCUT2D eigenvalue weighted by molar-refractivity contribution is 0.102. The van der Waals surface area contributed by atoms with E-state index in [1.165, 1.54) is 5.56 Å². The molecule has 1 amide bonds. The van der Waals surface area contributed by atoms with Gasteiger partial charge in [-0.3, -0.25) is 9.48 Å². The molecule has 0 bridgehead atoms.